The summed E-state index contributed by atoms with van der Waals surface area (Å²) in [6.07, 6.45) is 0.0610. The molecule has 0 saturated carbocycles. The molecule has 260 valence electrons. The number of rotatable bonds is 12. The van der Waals surface area contributed by atoms with E-state index in [1.807, 2.05) is 0 Å². The molecule has 0 unspecified atom stereocenters. The summed E-state index contributed by atoms with van der Waals surface area (Å²) in [5.74, 6) is -3.79. The highest BCUT2D eigenvalue weighted by molar-refractivity contribution is 8.29. The molecule has 2 aliphatic rings. The molecular formula is C28H24N8O10S4. The quantitative estimate of drug-likeness (QED) is 0.105. The first-order valence-electron chi connectivity index (χ1n) is 14.3. The summed E-state index contributed by atoms with van der Waals surface area (Å²) >= 11 is 12.5. The van der Waals surface area contributed by atoms with Gasteiger partial charge in [-0.25, -0.2) is 0 Å². The Bertz CT molecular complexity index is 1740. The van der Waals surface area contributed by atoms with Gasteiger partial charge in [-0.15, -0.1) is 0 Å². The number of nitro benzene ring substituents is 2. The lowest BCUT2D eigenvalue weighted by Crippen LogP contribution is -2.42. The molecular weight excluding hydrogens is 737 g/mol. The zero-order valence-electron chi connectivity index (χ0n) is 25.4. The van der Waals surface area contributed by atoms with E-state index in [2.05, 4.69) is 21.7 Å². The van der Waals surface area contributed by atoms with E-state index in [9.17, 15) is 49.0 Å². The first-order chi connectivity index (χ1) is 23.8. The Morgan fingerprint density at radius 3 is 1.40 bits per heavy atom. The Morgan fingerprint density at radius 1 is 0.660 bits per heavy atom. The number of nitro groups is 2. The molecule has 2 heterocycles. The number of hydrogen-bond acceptors (Lipinski definition) is 14. The minimum atomic E-state index is -0.761. The fourth-order valence-electron chi connectivity index (χ4n) is 4.29. The number of amides is 6. The van der Waals surface area contributed by atoms with E-state index in [0.717, 1.165) is 35.7 Å². The van der Waals surface area contributed by atoms with Gasteiger partial charge in [0.25, 0.3) is 35.0 Å². The van der Waals surface area contributed by atoms with Crippen molar-refractivity contribution in [3.05, 3.63) is 89.7 Å². The number of hydrogen-bond donors (Lipinski definition) is 4. The molecule has 0 atom stereocenters. The Hall–Kier alpha value is -5.32. The molecule has 18 nitrogen and oxygen atoms in total. The van der Waals surface area contributed by atoms with Gasteiger partial charge in [-0.05, 0) is 25.0 Å². The van der Waals surface area contributed by atoms with Crippen LogP contribution in [-0.2, 0) is 19.2 Å². The smallest absolute Gasteiger partial charge is 0.270 e. The van der Waals surface area contributed by atoms with Crippen LogP contribution in [0.5, 0.6) is 0 Å². The number of non-ortho nitro benzene ring substituents is 2. The fraction of sp³-hybridized carbons (Fsp3) is 0.214. The maximum absolute atomic E-state index is 13.2. The van der Waals surface area contributed by atoms with E-state index in [1.165, 1.54) is 46.2 Å². The average molecular weight is 761 g/mol. The van der Waals surface area contributed by atoms with Crippen LogP contribution >= 0.6 is 48.0 Å². The number of nitrogens with one attached hydrogen (secondary N) is 4. The van der Waals surface area contributed by atoms with Crippen LogP contribution < -0.4 is 21.7 Å². The molecule has 0 aromatic heterocycles. The van der Waals surface area contributed by atoms with Crippen molar-refractivity contribution in [1.29, 1.82) is 0 Å². The van der Waals surface area contributed by atoms with Crippen LogP contribution in [0.15, 0.2) is 58.3 Å². The fourth-order valence-corrected chi connectivity index (χ4v) is 7.07. The number of hydrazine groups is 2. The number of thioether (sulfide) groups is 2. The lowest BCUT2D eigenvalue weighted by Gasteiger charge is -2.15. The summed E-state index contributed by atoms with van der Waals surface area (Å²) in [5, 5.41) is 21.8. The monoisotopic (exact) mass is 760 g/mol. The number of carbonyl (C=O) groups excluding carboxylic acids is 6. The lowest BCUT2D eigenvalue weighted by atomic mass is 10.2. The average Bonchev–Trinajstić information content (AvgIpc) is 3.54. The van der Waals surface area contributed by atoms with E-state index in [-0.39, 0.29) is 79.7 Å². The number of thiocarbonyl (C=S) groups is 2. The Morgan fingerprint density at radius 2 is 1.04 bits per heavy atom. The summed E-state index contributed by atoms with van der Waals surface area (Å²) in [4.78, 5) is 98.4. The molecule has 2 saturated heterocycles. The van der Waals surface area contributed by atoms with Crippen LogP contribution in [0, 0.1) is 20.2 Å². The predicted octanol–water partition coefficient (Wildman–Crippen LogP) is 2.22. The highest BCUT2D eigenvalue weighted by atomic mass is 32.2. The molecule has 6 amide bonds. The summed E-state index contributed by atoms with van der Waals surface area (Å²) in [6, 6.07) is 9.89. The second-order valence-corrected chi connectivity index (χ2v) is 13.4. The van der Waals surface area contributed by atoms with Crippen molar-refractivity contribution < 1.29 is 38.6 Å². The normalized spacial score (nSPS) is 15.6. The molecule has 0 aliphatic carbocycles. The summed E-state index contributed by atoms with van der Waals surface area (Å²) < 4.78 is 0.331. The van der Waals surface area contributed by atoms with Crippen LogP contribution in [0.3, 0.4) is 0 Å². The van der Waals surface area contributed by atoms with Gasteiger partial charge in [0.1, 0.15) is 8.64 Å². The van der Waals surface area contributed by atoms with Crippen LogP contribution in [0.4, 0.5) is 11.4 Å². The molecule has 0 radical (unpaired) electrons. The second-order valence-electron chi connectivity index (χ2n) is 10.1. The minimum absolute atomic E-state index is 0.0319. The molecule has 0 spiro atoms. The van der Waals surface area contributed by atoms with E-state index in [1.54, 1.807) is 0 Å². The molecule has 2 aromatic carbocycles. The summed E-state index contributed by atoms with van der Waals surface area (Å²) in [7, 11) is 0. The van der Waals surface area contributed by atoms with Gasteiger partial charge in [-0.1, -0.05) is 60.1 Å². The third-order valence-corrected chi connectivity index (χ3v) is 9.77. The Kier molecular flexibility index (Phi) is 12.7. The molecule has 0 bridgehead atoms. The molecule has 50 heavy (non-hydrogen) atoms. The SMILES string of the molecule is O=C(CCCN1C(=O)/C(=C2\SC(=S)N(CCCC(=O)NNC(=O)c3cccc([N+](=O)[O-])c3)C2=O)SC1=S)NNC(=O)c1cccc([N+](=O)[O-])c1. The molecule has 2 fully saturated rings. The third-order valence-electron chi connectivity index (χ3n) is 6.74. The van der Waals surface area contributed by atoms with Crippen molar-refractivity contribution in [2.24, 2.45) is 0 Å². The van der Waals surface area contributed by atoms with E-state index in [4.69, 9.17) is 24.4 Å². The minimum Gasteiger partial charge on any atom is -0.293 e. The Labute approximate surface area is 301 Å². The van der Waals surface area contributed by atoms with Gasteiger partial charge in [-0.3, -0.25) is 80.5 Å². The van der Waals surface area contributed by atoms with Crippen molar-refractivity contribution in [3.8, 4) is 0 Å². The van der Waals surface area contributed by atoms with E-state index >= 15 is 0 Å². The molecule has 22 heteroatoms. The third kappa shape index (κ3) is 9.43. The largest absolute Gasteiger partial charge is 0.293 e. The van der Waals surface area contributed by atoms with Crippen molar-refractivity contribution in [1.82, 2.24) is 31.5 Å². The number of nitrogens with zero attached hydrogens (tertiary/aromatic N) is 4. The number of benzene rings is 2. The standard InChI is InChI=1S/C28H24N8O10S4/c37-19(29-31-23(39)15-5-1-7-17(13-15)35(43)44)9-3-11-33-25(41)21(49-27(33)47)22-26(42)34(28(48)50-22)12-4-10-20(38)30-32-24(40)16-6-2-8-18(14-16)36(45)46/h1-2,5-8,13-14H,3-4,9-12H2,(H,29,37)(H,30,38)(H,31,39)(H,32,40)/b22-21+. The highest BCUT2D eigenvalue weighted by Crippen LogP contribution is 2.42. The van der Waals surface area contributed by atoms with Gasteiger partial charge < -0.3 is 0 Å². The van der Waals surface area contributed by atoms with Gasteiger partial charge in [0.15, 0.2) is 0 Å². The molecule has 4 rings (SSSR count). The number of carbonyl (C=O) groups is 6. The van der Waals surface area contributed by atoms with E-state index in [0.29, 0.717) is 0 Å². The van der Waals surface area contributed by atoms with Gasteiger partial charge in [-0.2, -0.15) is 0 Å². The van der Waals surface area contributed by atoms with Gasteiger partial charge >= 0.3 is 0 Å². The van der Waals surface area contributed by atoms with Crippen LogP contribution in [0.1, 0.15) is 46.4 Å². The van der Waals surface area contributed by atoms with Crippen LogP contribution in [0.25, 0.3) is 0 Å². The van der Waals surface area contributed by atoms with Crippen LogP contribution in [-0.4, -0.2) is 76.8 Å². The van der Waals surface area contributed by atoms with Crippen molar-refractivity contribution in [2.45, 2.75) is 25.7 Å². The zero-order valence-corrected chi connectivity index (χ0v) is 28.6. The van der Waals surface area contributed by atoms with E-state index < -0.39 is 45.3 Å². The topological polar surface area (TPSA) is 243 Å². The maximum Gasteiger partial charge on any atom is 0.270 e. The van der Waals surface area contributed by atoms with Crippen molar-refractivity contribution in [2.75, 3.05) is 13.1 Å². The second kappa shape index (κ2) is 16.9. The summed E-state index contributed by atoms with van der Waals surface area (Å²) in [6.45, 7) is 0.0705. The highest BCUT2D eigenvalue weighted by Gasteiger charge is 2.41. The summed E-state index contributed by atoms with van der Waals surface area (Å²) in [5.41, 5.74) is 8.10. The first kappa shape index (κ1) is 37.5. The molecule has 2 aromatic rings. The van der Waals surface area contributed by atoms with Gasteiger partial charge in [0.2, 0.25) is 11.8 Å². The van der Waals surface area contributed by atoms with Gasteiger partial charge in [0, 0.05) is 61.3 Å². The zero-order chi connectivity index (χ0) is 36.5. The van der Waals surface area contributed by atoms with Crippen LogP contribution in [0.2, 0.25) is 0 Å². The van der Waals surface area contributed by atoms with Crippen molar-refractivity contribution in [3.63, 3.8) is 0 Å². The van der Waals surface area contributed by atoms with Gasteiger partial charge in [0.05, 0.1) is 19.7 Å². The lowest BCUT2D eigenvalue weighted by molar-refractivity contribution is -0.385. The Balaban J connectivity index is 1.21. The van der Waals surface area contributed by atoms with Crippen molar-refractivity contribution >= 4 is 103 Å². The molecule has 2 aliphatic heterocycles. The molecule has 4 N–H and O–H groups in total. The predicted molar refractivity (Wildman–Crippen MR) is 187 cm³/mol. The first-order valence-corrected chi connectivity index (χ1v) is 16.7. The maximum atomic E-state index is 13.2.